The highest BCUT2D eigenvalue weighted by Crippen LogP contribution is 2.32. The highest BCUT2D eigenvalue weighted by molar-refractivity contribution is 6.11. The van der Waals surface area contributed by atoms with E-state index < -0.39 is 5.97 Å². The first-order valence-electron chi connectivity index (χ1n) is 7.40. The molecule has 0 atom stereocenters. The molecule has 4 aromatic rings. The maximum absolute atomic E-state index is 11.3. The molecule has 3 N–H and O–H groups in total. The SMILES string of the molecule is Nc1cccc(-c2nc3cc(C(=O)O)ccc3c3cnccc23)c1. The number of rotatable bonds is 2. The molecule has 24 heavy (non-hydrogen) atoms. The van der Waals surface area contributed by atoms with Gasteiger partial charge in [-0.25, -0.2) is 9.78 Å². The number of nitrogen functional groups attached to an aromatic ring is 1. The zero-order valence-corrected chi connectivity index (χ0v) is 12.6. The highest BCUT2D eigenvalue weighted by atomic mass is 16.4. The number of benzene rings is 2. The Morgan fingerprint density at radius 3 is 2.67 bits per heavy atom. The van der Waals surface area contributed by atoms with E-state index in [4.69, 9.17) is 10.7 Å². The number of carbonyl (C=O) groups is 1. The topological polar surface area (TPSA) is 89.1 Å². The van der Waals surface area contributed by atoms with E-state index >= 15 is 0 Å². The van der Waals surface area contributed by atoms with E-state index in [9.17, 15) is 9.90 Å². The van der Waals surface area contributed by atoms with Crippen LogP contribution in [-0.4, -0.2) is 21.0 Å². The van der Waals surface area contributed by atoms with Gasteiger partial charge in [0.15, 0.2) is 0 Å². The van der Waals surface area contributed by atoms with Crippen molar-refractivity contribution in [3.8, 4) is 11.3 Å². The first kappa shape index (κ1) is 14.1. The third-order valence-electron chi connectivity index (χ3n) is 4.00. The summed E-state index contributed by atoms with van der Waals surface area (Å²) < 4.78 is 0. The Labute approximate surface area is 137 Å². The monoisotopic (exact) mass is 315 g/mol. The summed E-state index contributed by atoms with van der Waals surface area (Å²) in [6.07, 6.45) is 3.49. The summed E-state index contributed by atoms with van der Waals surface area (Å²) in [6, 6.07) is 14.3. The lowest BCUT2D eigenvalue weighted by Gasteiger charge is -2.10. The number of anilines is 1. The summed E-state index contributed by atoms with van der Waals surface area (Å²) in [5.41, 5.74) is 9.01. The van der Waals surface area contributed by atoms with Gasteiger partial charge in [0, 0.05) is 39.8 Å². The number of fused-ring (bicyclic) bond motifs is 3. The fraction of sp³-hybridized carbons (Fsp3) is 0. The molecule has 2 heterocycles. The van der Waals surface area contributed by atoms with Crippen molar-refractivity contribution in [2.45, 2.75) is 0 Å². The molecule has 0 aliphatic heterocycles. The molecule has 116 valence electrons. The van der Waals surface area contributed by atoms with Crippen molar-refractivity contribution < 1.29 is 9.90 Å². The van der Waals surface area contributed by atoms with Gasteiger partial charge < -0.3 is 10.8 Å². The minimum absolute atomic E-state index is 0.205. The van der Waals surface area contributed by atoms with Crippen LogP contribution < -0.4 is 5.73 Å². The van der Waals surface area contributed by atoms with Crippen LogP contribution in [0.5, 0.6) is 0 Å². The van der Waals surface area contributed by atoms with Crippen LogP contribution in [0.2, 0.25) is 0 Å². The first-order chi connectivity index (χ1) is 11.6. The molecule has 0 radical (unpaired) electrons. The van der Waals surface area contributed by atoms with E-state index in [-0.39, 0.29) is 5.56 Å². The number of aromatic carboxylic acids is 1. The number of hydrogen-bond acceptors (Lipinski definition) is 4. The zero-order chi connectivity index (χ0) is 16.7. The van der Waals surface area contributed by atoms with Crippen LogP contribution in [0.1, 0.15) is 10.4 Å². The van der Waals surface area contributed by atoms with E-state index in [0.717, 1.165) is 27.4 Å². The van der Waals surface area contributed by atoms with Crippen molar-refractivity contribution in [1.29, 1.82) is 0 Å². The molecule has 0 fully saturated rings. The number of nitrogens with two attached hydrogens (primary N) is 1. The molecule has 0 aliphatic rings. The Hall–Kier alpha value is -3.47. The van der Waals surface area contributed by atoms with Crippen molar-refractivity contribution >= 4 is 33.3 Å². The predicted molar refractivity (Wildman–Crippen MR) is 93.9 cm³/mol. The lowest BCUT2D eigenvalue weighted by molar-refractivity contribution is 0.0697. The second-order valence-corrected chi connectivity index (χ2v) is 5.54. The van der Waals surface area contributed by atoms with Gasteiger partial charge in [0.25, 0.3) is 0 Å². The lowest BCUT2D eigenvalue weighted by atomic mass is 10.0. The van der Waals surface area contributed by atoms with Gasteiger partial charge in [-0.2, -0.15) is 0 Å². The average Bonchev–Trinajstić information content (AvgIpc) is 2.60. The van der Waals surface area contributed by atoms with Crippen molar-refractivity contribution in [2.75, 3.05) is 5.73 Å². The summed E-state index contributed by atoms with van der Waals surface area (Å²) in [7, 11) is 0. The molecule has 0 spiro atoms. The van der Waals surface area contributed by atoms with Crippen LogP contribution in [0.25, 0.3) is 32.9 Å². The van der Waals surface area contributed by atoms with Gasteiger partial charge in [-0.05, 0) is 30.3 Å². The number of aromatic nitrogens is 2. The van der Waals surface area contributed by atoms with Crippen molar-refractivity contribution in [1.82, 2.24) is 9.97 Å². The maximum Gasteiger partial charge on any atom is 0.335 e. The quantitative estimate of drug-likeness (QED) is 0.434. The van der Waals surface area contributed by atoms with E-state index in [1.54, 1.807) is 30.6 Å². The Morgan fingerprint density at radius 2 is 1.88 bits per heavy atom. The number of carboxylic acid groups (broad SMARTS) is 1. The van der Waals surface area contributed by atoms with E-state index in [1.807, 2.05) is 30.3 Å². The van der Waals surface area contributed by atoms with Crippen LogP contribution in [0.15, 0.2) is 60.9 Å². The Kier molecular flexibility index (Phi) is 3.13. The lowest BCUT2D eigenvalue weighted by Crippen LogP contribution is -1.97. The summed E-state index contributed by atoms with van der Waals surface area (Å²) in [5, 5.41) is 12.0. The Morgan fingerprint density at radius 1 is 1.00 bits per heavy atom. The minimum Gasteiger partial charge on any atom is -0.478 e. The number of pyridine rings is 2. The molecular formula is C19H13N3O2. The van der Waals surface area contributed by atoms with Crippen molar-refractivity contribution in [2.24, 2.45) is 0 Å². The number of nitrogens with zero attached hydrogens (tertiary/aromatic N) is 2. The van der Waals surface area contributed by atoms with Crippen LogP contribution in [0, 0.1) is 0 Å². The fourth-order valence-electron chi connectivity index (χ4n) is 2.89. The molecule has 0 unspecified atom stereocenters. The van der Waals surface area contributed by atoms with Crippen molar-refractivity contribution in [3.63, 3.8) is 0 Å². The largest absolute Gasteiger partial charge is 0.478 e. The molecule has 0 aliphatic carbocycles. The smallest absolute Gasteiger partial charge is 0.335 e. The maximum atomic E-state index is 11.3. The van der Waals surface area contributed by atoms with Gasteiger partial charge in [0.1, 0.15) is 0 Å². The molecule has 2 aromatic heterocycles. The van der Waals surface area contributed by atoms with Gasteiger partial charge in [0.2, 0.25) is 0 Å². The van der Waals surface area contributed by atoms with Gasteiger partial charge in [-0.3, -0.25) is 4.98 Å². The number of carboxylic acids is 1. The van der Waals surface area contributed by atoms with Gasteiger partial charge >= 0.3 is 5.97 Å². The molecule has 2 aromatic carbocycles. The van der Waals surface area contributed by atoms with Crippen LogP contribution in [0.3, 0.4) is 0 Å². The van der Waals surface area contributed by atoms with Crippen molar-refractivity contribution in [3.05, 3.63) is 66.5 Å². The van der Waals surface area contributed by atoms with Gasteiger partial charge in [-0.15, -0.1) is 0 Å². The van der Waals surface area contributed by atoms with Crippen LogP contribution >= 0.6 is 0 Å². The van der Waals surface area contributed by atoms with Gasteiger partial charge in [-0.1, -0.05) is 18.2 Å². The van der Waals surface area contributed by atoms with E-state index in [2.05, 4.69) is 4.98 Å². The van der Waals surface area contributed by atoms with E-state index in [1.165, 1.54) is 0 Å². The molecule has 5 heteroatoms. The van der Waals surface area contributed by atoms with Crippen LogP contribution in [-0.2, 0) is 0 Å². The average molecular weight is 315 g/mol. The summed E-state index contributed by atoms with van der Waals surface area (Å²) in [4.78, 5) is 20.2. The predicted octanol–water partition coefficient (Wildman–Crippen LogP) is 3.73. The minimum atomic E-state index is -0.976. The van der Waals surface area contributed by atoms with E-state index in [0.29, 0.717) is 11.2 Å². The molecule has 0 amide bonds. The van der Waals surface area contributed by atoms with Gasteiger partial charge in [0.05, 0.1) is 16.8 Å². The highest BCUT2D eigenvalue weighted by Gasteiger charge is 2.12. The van der Waals surface area contributed by atoms with Crippen LogP contribution in [0.4, 0.5) is 5.69 Å². The molecule has 5 nitrogen and oxygen atoms in total. The first-order valence-corrected chi connectivity index (χ1v) is 7.40. The normalized spacial score (nSPS) is 11.0. The number of hydrogen-bond donors (Lipinski definition) is 2. The molecule has 0 bridgehead atoms. The molecular weight excluding hydrogens is 302 g/mol. The zero-order valence-electron chi connectivity index (χ0n) is 12.6. The Bertz CT molecular complexity index is 1110. The summed E-state index contributed by atoms with van der Waals surface area (Å²) in [5.74, 6) is -0.976. The summed E-state index contributed by atoms with van der Waals surface area (Å²) >= 11 is 0. The molecule has 4 rings (SSSR count). The third-order valence-corrected chi connectivity index (χ3v) is 4.00. The second kappa shape index (κ2) is 5.31. The summed E-state index contributed by atoms with van der Waals surface area (Å²) in [6.45, 7) is 0. The Balaban J connectivity index is 2.12. The third kappa shape index (κ3) is 2.23. The second-order valence-electron chi connectivity index (χ2n) is 5.54. The molecule has 0 saturated heterocycles. The standard InChI is InChI=1S/C19H13N3O2/c20-13-3-1-2-11(8-13)18-15-6-7-21-10-16(15)14-5-4-12(19(23)24)9-17(14)22-18/h1-10H,20H2,(H,23,24). The fourth-order valence-corrected chi connectivity index (χ4v) is 2.89. The molecule has 0 saturated carbocycles.